The van der Waals surface area contributed by atoms with E-state index in [0.29, 0.717) is 13.0 Å². The minimum atomic E-state index is -3.92. The molecule has 2 aliphatic heterocycles. The first-order valence-electron chi connectivity index (χ1n) is 8.82. The van der Waals surface area contributed by atoms with Crippen LogP contribution in [0.5, 0.6) is 5.75 Å². The van der Waals surface area contributed by atoms with Gasteiger partial charge in [0.25, 0.3) is 11.1 Å². The third-order valence-corrected chi connectivity index (χ3v) is 5.19. The predicted octanol–water partition coefficient (Wildman–Crippen LogP) is -0.759. The molecule has 0 aliphatic carbocycles. The molecule has 1 N–H and O–H groups in total. The number of amides is 1. The first-order valence-corrected chi connectivity index (χ1v) is 10.8. The van der Waals surface area contributed by atoms with Crippen molar-refractivity contribution in [2.75, 3.05) is 17.6 Å². The number of carbonyl (C=O) groups excluding carboxylic acids is 1. The van der Waals surface area contributed by atoms with E-state index in [1.54, 1.807) is 6.92 Å². The van der Waals surface area contributed by atoms with Crippen LogP contribution in [0, 0.1) is 0 Å². The van der Waals surface area contributed by atoms with Gasteiger partial charge in [-0.05, 0) is 56.3 Å². The van der Waals surface area contributed by atoms with Gasteiger partial charge in [-0.3, -0.25) is 9.69 Å². The zero-order valence-electron chi connectivity index (χ0n) is 16.9. The summed E-state index contributed by atoms with van der Waals surface area (Å²) in [6, 6.07) is 7.70. The second-order valence-corrected chi connectivity index (χ2v) is 8.07. The van der Waals surface area contributed by atoms with E-state index in [1.807, 2.05) is 44.2 Å². The summed E-state index contributed by atoms with van der Waals surface area (Å²) < 4.78 is 40.3. The van der Waals surface area contributed by atoms with Crippen LogP contribution in [0.2, 0.25) is 0 Å². The molecule has 2 heterocycles. The molecule has 2 unspecified atom stereocenters. The van der Waals surface area contributed by atoms with Crippen LogP contribution in [0.1, 0.15) is 27.2 Å². The Morgan fingerprint density at radius 2 is 1.97 bits per heavy atom. The largest absolute Gasteiger partial charge is 1.00 e. The number of fused-ring (bicyclic) bond motifs is 1. The van der Waals surface area contributed by atoms with Gasteiger partial charge in [-0.25, -0.2) is 8.42 Å². The molecule has 1 saturated heterocycles. The molecule has 2 atom stereocenters. The number of benzene rings is 1. The Bertz CT molecular complexity index is 850. The molecule has 1 amide bonds. The summed E-state index contributed by atoms with van der Waals surface area (Å²) in [6.45, 7) is 5.88. The van der Waals surface area contributed by atoms with Gasteiger partial charge in [0.05, 0.1) is 15.8 Å². The number of carbonyl (C=O) groups is 1. The maximum atomic E-state index is 12.2. The van der Waals surface area contributed by atoms with Crippen LogP contribution in [0.25, 0.3) is 0 Å². The number of anilines is 1. The normalized spacial score (nSPS) is 20.6. The molecule has 154 valence electrons. The molecule has 1 fully saturated rings. The Morgan fingerprint density at radius 1 is 1.31 bits per heavy atom. The third-order valence-electron chi connectivity index (χ3n) is 3.97. The monoisotopic (exact) mass is 450 g/mol. The molecule has 29 heavy (non-hydrogen) atoms. The zero-order valence-corrected chi connectivity index (χ0v) is 20.5. The fourth-order valence-electron chi connectivity index (χ4n) is 2.68. The Balaban J connectivity index is 0.000000456. The quantitative estimate of drug-likeness (QED) is 0.270. The van der Waals surface area contributed by atoms with E-state index >= 15 is 0 Å². The second kappa shape index (κ2) is 11.3. The zero-order chi connectivity index (χ0) is 20.9. The van der Waals surface area contributed by atoms with E-state index in [0.717, 1.165) is 17.0 Å². The van der Waals surface area contributed by atoms with Crippen molar-refractivity contribution in [2.45, 2.75) is 39.5 Å². The maximum absolute atomic E-state index is 12.2. The van der Waals surface area contributed by atoms with E-state index in [-0.39, 0.29) is 52.6 Å². The van der Waals surface area contributed by atoms with Crippen LogP contribution in [0.3, 0.4) is 0 Å². The molecule has 0 aromatic heterocycles. The van der Waals surface area contributed by atoms with Gasteiger partial charge >= 0.3 is 29.6 Å². The Kier molecular flexibility index (Phi) is 10.1. The molecule has 0 bridgehead atoms. The van der Waals surface area contributed by atoms with Gasteiger partial charge in [-0.2, -0.15) is 0 Å². The second-order valence-electron chi connectivity index (χ2n) is 6.20. The van der Waals surface area contributed by atoms with Crippen molar-refractivity contribution in [1.29, 1.82) is 0 Å². The third kappa shape index (κ3) is 7.23. The molecule has 1 aromatic rings. The van der Waals surface area contributed by atoms with Crippen LogP contribution < -0.4 is 39.6 Å². The van der Waals surface area contributed by atoms with E-state index in [2.05, 4.69) is 5.32 Å². The van der Waals surface area contributed by atoms with Crippen LogP contribution in [-0.2, 0) is 19.6 Å². The van der Waals surface area contributed by atoms with E-state index in [4.69, 9.17) is 21.7 Å². The van der Waals surface area contributed by atoms with Crippen molar-refractivity contribution in [3.8, 4) is 5.75 Å². The van der Waals surface area contributed by atoms with Gasteiger partial charge in [0, 0.05) is 12.3 Å². The number of nitrogens with one attached hydrogen (secondary N) is 1. The summed E-state index contributed by atoms with van der Waals surface area (Å²) in [7, 11) is -3.92. The number of hydrogen-bond acceptors (Lipinski definition) is 8. The van der Waals surface area contributed by atoms with Gasteiger partial charge in [-0.1, -0.05) is 19.1 Å². The Morgan fingerprint density at radius 3 is 2.45 bits per heavy atom. The minimum Gasteiger partial charge on any atom is -0.748 e. The topological polar surface area (TPSA) is 108 Å². The first kappa shape index (κ1) is 25.9. The van der Waals surface area contributed by atoms with Crippen molar-refractivity contribution in [3.05, 3.63) is 35.9 Å². The fraction of sp³-hybridized carbons (Fsp3) is 0.444. The van der Waals surface area contributed by atoms with Crippen LogP contribution in [-0.4, -0.2) is 53.6 Å². The average Bonchev–Trinajstić information content (AvgIpc) is 3.14. The van der Waals surface area contributed by atoms with Crippen molar-refractivity contribution in [1.82, 2.24) is 4.90 Å². The van der Waals surface area contributed by atoms with Gasteiger partial charge in [0.15, 0.2) is 6.23 Å². The molecule has 2 aliphatic rings. The average molecular weight is 451 g/mol. The molecular weight excluding hydrogens is 427 g/mol. The standard InChI is InChI=1S/C15H16N2O3S.C3H8O3S.Na/c1-3-17-14(18)13(20-15(17)21)9(2)8-12-16-10-6-4-5-7-11(10)19-12;1-2-3-7(4,5)6;/h4-8,12-13,16H,3H2,1-2H3;2-3H2,1H3,(H,4,5,6);/q;;+1/p-1/b9-8-;;. The van der Waals surface area contributed by atoms with Crippen molar-refractivity contribution in [3.63, 3.8) is 0 Å². The fourth-order valence-corrected chi connectivity index (χ4v) is 3.49. The van der Waals surface area contributed by atoms with E-state index < -0.39 is 16.2 Å². The Hall–Kier alpha value is -1.17. The van der Waals surface area contributed by atoms with Gasteiger partial charge in [0.1, 0.15) is 5.75 Å². The predicted molar refractivity (Wildman–Crippen MR) is 108 cm³/mol. The van der Waals surface area contributed by atoms with Crippen molar-refractivity contribution in [2.24, 2.45) is 0 Å². The summed E-state index contributed by atoms with van der Waals surface area (Å²) in [5.74, 6) is 0.440. The number of likely N-dealkylation sites (N-methyl/N-ethyl adjacent to an activating group) is 1. The number of ether oxygens (including phenoxy) is 2. The van der Waals surface area contributed by atoms with Crippen LogP contribution in [0.4, 0.5) is 5.69 Å². The molecule has 3 rings (SSSR count). The van der Waals surface area contributed by atoms with Crippen LogP contribution in [0.15, 0.2) is 35.9 Å². The maximum Gasteiger partial charge on any atom is 1.00 e. The van der Waals surface area contributed by atoms with Crippen LogP contribution >= 0.6 is 12.2 Å². The van der Waals surface area contributed by atoms with E-state index in [9.17, 15) is 17.8 Å². The van der Waals surface area contributed by atoms with Crippen molar-refractivity contribution < 1.29 is 56.8 Å². The molecule has 11 heteroatoms. The number of rotatable bonds is 5. The SMILES string of the molecule is CCCS(=O)(=O)[O-].CCN1C(=O)C(/C(C)=C\C2Nc3ccccc3O2)OC1=S.[Na+]. The number of para-hydroxylation sites is 2. The smallest absolute Gasteiger partial charge is 0.748 e. The first-order chi connectivity index (χ1) is 13.2. The number of nitrogens with zero attached hydrogens (tertiary/aromatic N) is 1. The van der Waals surface area contributed by atoms with Gasteiger partial charge < -0.3 is 19.3 Å². The minimum absolute atomic E-state index is 0. The Labute approximate surface area is 198 Å². The summed E-state index contributed by atoms with van der Waals surface area (Å²) in [5.41, 5.74) is 1.72. The van der Waals surface area contributed by atoms with Gasteiger partial charge in [0.2, 0.25) is 6.10 Å². The van der Waals surface area contributed by atoms with Gasteiger partial charge in [-0.15, -0.1) is 0 Å². The summed E-state index contributed by atoms with van der Waals surface area (Å²) in [4.78, 5) is 13.7. The van der Waals surface area contributed by atoms with E-state index in [1.165, 1.54) is 4.90 Å². The number of hydrogen-bond donors (Lipinski definition) is 1. The summed E-state index contributed by atoms with van der Waals surface area (Å²) in [6.07, 6.45) is 1.31. The van der Waals surface area contributed by atoms with Crippen molar-refractivity contribution >= 4 is 39.1 Å². The summed E-state index contributed by atoms with van der Waals surface area (Å²) in [5, 5.41) is 3.47. The molecule has 8 nitrogen and oxygen atoms in total. The molecule has 1 aromatic carbocycles. The molecule has 0 saturated carbocycles. The molecular formula is C18H23N2NaO6S2. The number of thiocarbonyl (C=S) groups is 1. The molecule has 0 spiro atoms. The summed E-state index contributed by atoms with van der Waals surface area (Å²) >= 11 is 5.06. The molecule has 0 radical (unpaired) electrons.